The fourth-order valence-electron chi connectivity index (χ4n) is 1.69. The van der Waals surface area contributed by atoms with Gasteiger partial charge in [-0.25, -0.2) is 0 Å². The molecule has 0 aromatic rings. The van der Waals surface area contributed by atoms with Gasteiger partial charge in [0, 0.05) is 6.04 Å². The van der Waals surface area contributed by atoms with Gasteiger partial charge in [0.15, 0.2) is 0 Å². The van der Waals surface area contributed by atoms with E-state index in [0.29, 0.717) is 0 Å². The molecule has 0 aromatic heterocycles. The molecule has 0 aliphatic rings. The topological polar surface area (TPSA) is 46.2 Å². The molecule has 0 aliphatic heterocycles. The maximum atomic E-state index is 9.49. The first-order valence-corrected chi connectivity index (χ1v) is 6.77. The Bertz CT molecular complexity index is 166. The van der Waals surface area contributed by atoms with Crippen molar-refractivity contribution in [3.05, 3.63) is 12.2 Å². The fraction of sp³-hybridized carbons (Fsp3) is 0.857. The van der Waals surface area contributed by atoms with Crippen LogP contribution in [0.5, 0.6) is 0 Å². The average Bonchev–Trinajstić information content (AvgIpc) is 2.26. The van der Waals surface area contributed by atoms with Gasteiger partial charge in [-0.15, -0.1) is 0 Å². The Morgan fingerprint density at radius 2 is 1.69 bits per heavy atom. The van der Waals surface area contributed by atoms with Gasteiger partial charge in [-0.3, -0.25) is 0 Å². The van der Waals surface area contributed by atoms with Crippen LogP contribution < -0.4 is 5.73 Å². The van der Waals surface area contributed by atoms with E-state index in [-0.39, 0.29) is 12.1 Å². The van der Waals surface area contributed by atoms with E-state index < -0.39 is 0 Å². The molecule has 0 rings (SSSR count). The monoisotopic (exact) mass is 227 g/mol. The lowest BCUT2D eigenvalue weighted by atomic mass is 10.0. The number of unbranched alkanes of at least 4 members (excludes halogenated alkanes) is 5. The third-order valence-electron chi connectivity index (χ3n) is 2.88. The molecule has 2 nitrogen and oxygen atoms in total. The van der Waals surface area contributed by atoms with E-state index in [2.05, 4.69) is 19.1 Å². The molecule has 0 amide bonds. The minimum Gasteiger partial charge on any atom is -0.392 e. The van der Waals surface area contributed by atoms with Gasteiger partial charge >= 0.3 is 0 Å². The smallest absolute Gasteiger partial charge is 0.0688 e. The van der Waals surface area contributed by atoms with E-state index in [1.54, 1.807) is 0 Å². The molecule has 2 atom stereocenters. The van der Waals surface area contributed by atoms with E-state index in [1.807, 2.05) is 6.92 Å². The summed E-state index contributed by atoms with van der Waals surface area (Å²) in [6.07, 6.45) is 13.6. The van der Waals surface area contributed by atoms with Crippen LogP contribution in [0.1, 0.15) is 65.2 Å². The van der Waals surface area contributed by atoms with Gasteiger partial charge in [0.05, 0.1) is 6.10 Å². The van der Waals surface area contributed by atoms with Gasteiger partial charge in [-0.05, 0) is 32.6 Å². The molecule has 0 bridgehead atoms. The Balaban J connectivity index is 3.12. The van der Waals surface area contributed by atoms with Crippen molar-refractivity contribution < 1.29 is 5.11 Å². The zero-order valence-electron chi connectivity index (χ0n) is 11.0. The largest absolute Gasteiger partial charge is 0.392 e. The van der Waals surface area contributed by atoms with Gasteiger partial charge in [0.2, 0.25) is 0 Å². The fourth-order valence-corrected chi connectivity index (χ4v) is 1.69. The zero-order valence-corrected chi connectivity index (χ0v) is 11.0. The van der Waals surface area contributed by atoms with E-state index in [4.69, 9.17) is 5.73 Å². The van der Waals surface area contributed by atoms with Gasteiger partial charge in [-0.1, -0.05) is 44.8 Å². The lowest BCUT2D eigenvalue weighted by Gasteiger charge is -2.13. The second-order valence-electron chi connectivity index (χ2n) is 4.65. The third-order valence-corrected chi connectivity index (χ3v) is 2.88. The van der Waals surface area contributed by atoms with Crippen molar-refractivity contribution in [2.45, 2.75) is 77.4 Å². The third kappa shape index (κ3) is 10.2. The summed E-state index contributed by atoms with van der Waals surface area (Å²) in [5, 5.41) is 9.49. The first kappa shape index (κ1) is 15.7. The summed E-state index contributed by atoms with van der Waals surface area (Å²) in [6, 6.07) is -0.0841. The van der Waals surface area contributed by atoms with Crippen LogP contribution in [0, 0.1) is 0 Å². The molecule has 0 aromatic carbocycles. The Morgan fingerprint density at radius 1 is 1.06 bits per heavy atom. The van der Waals surface area contributed by atoms with Crippen LogP contribution in [0.3, 0.4) is 0 Å². The molecule has 0 radical (unpaired) electrons. The Hall–Kier alpha value is -0.340. The molecule has 0 heterocycles. The van der Waals surface area contributed by atoms with Gasteiger partial charge in [0.1, 0.15) is 0 Å². The summed E-state index contributed by atoms with van der Waals surface area (Å²) in [5.41, 5.74) is 5.59. The van der Waals surface area contributed by atoms with Crippen LogP contribution in [-0.2, 0) is 0 Å². The number of nitrogens with two attached hydrogens (primary N) is 1. The van der Waals surface area contributed by atoms with E-state index in [9.17, 15) is 5.11 Å². The Kier molecular flexibility index (Phi) is 10.9. The van der Waals surface area contributed by atoms with Crippen molar-refractivity contribution >= 4 is 0 Å². The molecule has 3 N–H and O–H groups in total. The highest BCUT2D eigenvalue weighted by atomic mass is 16.3. The zero-order chi connectivity index (χ0) is 12.2. The number of hydrogen-bond acceptors (Lipinski definition) is 2. The maximum Gasteiger partial charge on any atom is 0.0688 e. The van der Waals surface area contributed by atoms with Gasteiger partial charge < -0.3 is 10.8 Å². The average molecular weight is 227 g/mol. The SMILES string of the molecule is CC/C=C/CCCCCCC[C@@H](O)[C@H](C)N. The Labute approximate surface area is 101 Å². The van der Waals surface area contributed by atoms with E-state index in [1.165, 1.54) is 32.1 Å². The van der Waals surface area contributed by atoms with Crippen LogP contribution in [0.15, 0.2) is 12.2 Å². The van der Waals surface area contributed by atoms with Gasteiger partial charge in [0.25, 0.3) is 0 Å². The van der Waals surface area contributed by atoms with Crippen molar-refractivity contribution in [3.63, 3.8) is 0 Å². The number of aliphatic hydroxyl groups excluding tert-OH is 1. The highest BCUT2D eigenvalue weighted by molar-refractivity contribution is 4.79. The van der Waals surface area contributed by atoms with Crippen molar-refractivity contribution in [2.24, 2.45) is 5.73 Å². The molecule has 96 valence electrons. The normalized spacial score (nSPS) is 15.5. The molecular formula is C14H29NO. The lowest BCUT2D eigenvalue weighted by molar-refractivity contribution is 0.138. The summed E-state index contributed by atoms with van der Waals surface area (Å²) in [7, 11) is 0. The highest BCUT2D eigenvalue weighted by Crippen LogP contribution is 2.10. The van der Waals surface area contributed by atoms with Crippen molar-refractivity contribution in [1.82, 2.24) is 0 Å². The van der Waals surface area contributed by atoms with Crippen molar-refractivity contribution in [1.29, 1.82) is 0 Å². The standard InChI is InChI=1S/C14H29NO/c1-3-4-5-6-7-8-9-10-11-12-14(16)13(2)15/h4-5,13-14,16H,3,6-12,15H2,1-2H3/b5-4+/t13-,14+/m0/s1. The summed E-state index contributed by atoms with van der Waals surface area (Å²) < 4.78 is 0. The van der Waals surface area contributed by atoms with E-state index >= 15 is 0 Å². The Morgan fingerprint density at radius 3 is 2.31 bits per heavy atom. The molecule has 0 fully saturated rings. The van der Waals surface area contributed by atoms with Gasteiger partial charge in [-0.2, -0.15) is 0 Å². The highest BCUT2D eigenvalue weighted by Gasteiger charge is 2.07. The minimum absolute atomic E-state index is 0.0841. The van der Waals surface area contributed by atoms with Crippen LogP contribution in [0.25, 0.3) is 0 Å². The molecule has 16 heavy (non-hydrogen) atoms. The molecule has 0 aliphatic carbocycles. The minimum atomic E-state index is -0.313. The molecule has 0 saturated heterocycles. The molecular weight excluding hydrogens is 198 g/mol. The van der Waals surface area contributed by atoms with Crippen LogP contribution in [0.4, 0.5) is 0 Å². The molecule has 2 heteroatoms. The number of aliphatic hydroxyl groups is 1. The summed E-state index contributed by atoms with van der Waals surface area (Å²) in [4.78, 5) is 0. The van der Waals surface area contributed by atoms with Crippen LogP contribution >= 0.6 is 0 Å². The summed E-state index contributed by atoms with van der Waals surface area (Å²) >= 11 is 0. The number of rotatable bonds is 10. The molecule has 0 unspecified atom stereocenters. The van der Waals surface area contributed by atoms with Crippen LogP contribution in [-0.4, -0.2) is 17.3 Å². The lowest BCUT2D eigenvalue weighted by Crippen LogP contribution is -2.31. The second kappa shape index (κ2) is 11.2. The summed E-state index contributed by atoms with van der Waals surface area (Å²) in [6.45, 7) is 4.03. The number of hydrogen-bond donors (Lipinski definition) is 2. The number of allylic oxidation sites excluding steroid dienone is 2. The van der Waals surface area contributed by atoms with E-state index in [0.717, 1.165) is 19.3 Å². The summed E-state index contributed by atoms with van der Waals surface area (Å²) in [5.74, 6) is 0. The first-order valence-electron chi connectivity index (χ1n) is 6.77. The second-order valence-corrected chi connectivity index (χ2v) is 4.65. The van der Waals surface area contributed by atoms with Crippen LogP contribution in [0.2, 0.25) is 0 Å². The maximum absolute atomic E-state index is 9.49. The first-order chi connectivity index (χ1) is 7.68. The van der Waals surface area contributed by atoms with Crippen molar-refractivity contribution in [2.75, 3.05) is 0 Å². The van der Waals surface area contributed by atoms with Crippen molar-refractivity contribution in [3.8, 4) is 0 Å². The predicted octanol–water partition coefficient (Wildman–Crippen LogP) is 3.39. The molecule has 0 saturated carbocycles. The quantitative estimate of drug-likeness (QED) is 0.444. The predicted molar refractivity (Wildman–Crippen MR) is 71.4 cm³/mol. The molecule has 0 spiro atoms.